The van der Waals surface area contributed by atoms with E-state index in [9.17, 15) is 14.4 Å². The molecule has 3 aliphatic heterocycles. The Morgan fingerprint density at radius 2 is 1.81 bits per heavy atom. The highest BCUT2D eigenvalue weighted by atomic mass is 35.5. The molecule has 0 bridgehead atoms. The number of benzene rings is 2. The molecule has 1 N–H and O–H groups in total. The molecule has 31 heavy (non-hydrogen) atoms. The zero-order valence-corrected chi connectivity index (χ0v) is 17.8. The van der Waals surface area contributed by atoms with Crippen LogP contribution in [0.1, 0.15) is 18.9 Å². The summed E-state index contributed by atoms with van der Waals surface area (Å²) in [5.41, 5.74) is 0.701. The smallest absolute Gasteiger partial charge is 0.253 e. The summed E-state index contributed by atoms with van der Waals surface area (Å²) < 4.78 is 0. The van der Waals surface area contributed by atoms with Crippen molar-refractivity contribution in [2.24, 2.45) is 11.8 Å². The predicted octanol–water partition coefficient (Wildman–Crippen LogP) is 3.26. The molecule has 7 heteroatoms. The van der Waals surface area contributed by atoms with E-state index < -0.39 is 17.4 Å². The van der Waals surface area contributed by atoms with Crippen molar-refractivity contribution >= 4 is 40.7 Å². The maximum Gasteiger partial charge on any atom is 0.253 e. The van der Waals surface area contributed by atoms with Crippen molar-refractivity contribution in [2.75, 3.05) is 16.3 Å². The lowest BCUT2D eigenvalue weighted by atomic mass is 9.76. The van der Waals surface area contributed by atoms with Crippen LogP contribution in [0, 0.1) is 11.8 Å². The van der Waals surface area contributed by atoms with Gasteiger partial charge in [-0.3, -0.25) is 19.7 Å². The molecule has 2 fully saturated rings. The van der Waals surface area contributed by atoms with Gasteiger partial charge in [0.15, 0.2) is 0 Å². The zero-order valence-electron chi connectivity index (χ0n) is 17.0. The molecule has 2 aromatic carbocycles. The number of hydrogen-bond donors (Lipinski definition) is 1. The Kier molecular flexibility index (Phi) is 4.53. The van der Waals surface area contributed by atoms with Gasteiger partial charge in [0.05, 0.1) is 17.5 Å². The molecule has 3 amide bonds. The molecular weight excluding hydrogens is 414 g/mol. The molecule has 3 aliphatic rings. The van der Waals surface area contributed by atoms with Gasteiger partial charge < -0.3 is 4.90 Å². The third-order valence-corrected chi connectivity index (χ3v) is 6.95. The van der Waals surface area contributed by atoms with Gasteiger partial charge in [-0.1, -0.05) is 42.8 Å². The number of nitrogens with one attached hydrogen (secondary N) is 1. The first-order valence-electron chi connectivity index (χ1n) is 10.4. The average molecular weight is 436 g/mol. The fraction of sp³-hybridized carbons (Fsp3) is 0.292. The molecule has 3 heterocycles. The highest BCUT2D eigenvalue weighted by Gasteiger charge is 2.71. The van der Waals surface area contributed by atoms with Gasteiger partial charge in [-0.05, 0) is 36.8 Å². The molecule has 0 radical (unpaired) electrons. The van der Waals surface area contributed by atoms with Crippen LogP contribution in [0.5, 0.6) is 0 Å². The predicted molar refractivity (Wildman–Crippen MR) is 119 cm³/mol. The van der Waals surface area contributed by atoms with Crippen LogP contribution < -0.4 is 15.1 Å². The summed E-state index contributed by atoms with van der Waals surface area (Å²) in [5, 5.41) is 3.96. The van der Waals surface area contributed by atoms with Crippen LogP contribution in [0.15, 0.2) is 61.2 Å². The van der Waals surface area contributed by atoms with Gasteiger partial charge in [0.2, 0.25) is 11.8 Å². The van der Waals surface area contributed by atoms with E-state index in [-0.39, 0.29) is 23.8 Å². The lowest BCUT2D eigenvalue weighted by Gasteiger charge is -2.30. The van der Waals surface area contributed by atoms with E-state index in [0.29, 0.717) is 23.7 Å². The van der Waals surface area contributed by atoms with E-state index in [1.807, 2.05) is 31.2 Å². The minimum Gasteiger partial charge on any atom is -0.306 e. The van der Waals surface area contributed by atoms with Crippen LogP contribution in [0.4, 0.5) is 11.4 Å². The number of anilines is 2. The van der Waals surface area contributed by atoms with Gasteiger partial charge in [-0.25, -0.2) is 4.90 Å². The van der Waals surface area contributed by atoms with Crippen molar-refractivity contribution in [3.8, 4) is 0 Å². The van der Waals surface area contributed by atoms with Crippen molar-refractivity contribution in [1.82, 2.24) is 5.32 Å². The van der Waals surface area contributed by atoms with E-state index >= 15 is 0 Å². The Morgan fingerprint density at radius 1 is 1.10 bits per heavy atom. The van der Waals surface area contributed by atoms with E-state index in [1.54, 1.807) is 35.2 Å². The maximum absolute atomic E-state index is 13.8. The first-order chi connectivity index (χ1) is 15.0. The summed E-state index contributed by atoms with van der Waals surface area (Å²) in [6.45, 7) is 6.07. The molecule has 2 saturated heterocycles. The highest BCUT2D eigenvalue weighted by molar-refractivity contribution is 6.31. The quantitative estimate of drug-likeness (QED) is 0.591. The standard InChI is InChI=1S/C24H22ClN3O3/c1-3-13-27-18-8-6-5-7-16(18)24(23(27)31)20-19(17(4-2)26-24)21(29)28(22(20)30)15-11-9-14(25)10-12-15/h3,5-12,17,19-20,26H,1,4,13H2,2H3. The van der Waals surface area contributed by atoms with Crippen molar-refractivity contribution in [2.45, 2.75) is 24.9 Å². The molecule has 5 rings (SSSR count). The minimum absolute atomic E-state index is 0.210. The van der Waals surface area contributed by atoms with Gasteiger partial charge in [0, 0.05) is 28.9 Å². The van der Waals surface area contributed by atoms with Gasteiger partial charge in [0.25, 0.3) is 5.91 Å². The molecule has 2 aromatic rings. The van der Waals surface area contributed by atoms with Crippen LogP contribution in [0.3, 0.4) is 0 Å². The van der Waals surface area contributed by atoms with E-state index in [4.69, 9.17) is 11.6 Å². The number of hydrogen-bond acceptors (Lipinski definition) is 4. The van der Waals surface area contributed by atoms with Gasteiger partial charge in [-0.15, -0.1) is 6.58 Å². The van der Waals surface area contributed by atoms with Gasteiger partial charge >= 0.3 is 0 Å². The van der Waals surface area contributed by atoms with Crippen molar-refractivity contribution in [1.29, 1.82) is 0 Å². The molecule has 0 aromatic heterocycles. The average Bonchev–Trinajstić information content (AvgIpc) is 3.34. The molecule has 4 atom stereocenters. The lowest BCUT2D eigenvalue weighted by Crippen LogP contribution is -2.55. The second-order valence-electron chi connectivity index (χ2n) is 8.18. The number of para-hydroxylation sites is 1. The van der Waals surface area contributed by atoms with Gasteiger partial charge in [-0.2, -0.15) is 0 Å². The maximum atomic E-state index is 13.8. The monoisotopic (exact) mass is 435 g/mol. The van der Waals surface area contributed by atoms with Crippen LogP contribution in [0.25, 0.3) is 0 Å². The molecule has 6 nitrogen and oxygen atoms in total. The fourth-order valence-electron chi connectivity index (χ4n) is 5.45. The zero-order chi connectivity index (χ0) is 21.9. The number of nitrogens with zero attached hydrogens (tertiary/aromatic N) is 2. The third-order valence-electron chi connectivity index (χ3n) is 6.70. The number of carbonyl (C=O) groups is 3. The fourth-order valence-corrected chi connectivity index (χ4v) is 5.58. The Labute approximate surface area is 185 Å². The Morgan fingerprint density at radius 3 is 2.48 bits per heavy atom. The van der Waals surface area contributed by atoms with Crippen molar-refractivity contribution in [3.05, 3.63) is 71.8 Å². The number of amides is 3. The highest BCUT2D eigenvalue weighted by Crippen LogP contribution is 2.55. The molecule has 158 valence electrons. The van der Waals surface area contributed by atoms with Crippen LogP contribution in [-0.2, 0) is 19.9 Å². The van der Waals surface area contributed by atoms with Crippen LogP contribution in [-0.4, -0.2) is 30.3 Å². The minimum atomic E-state index is -1.27. The largest absolute Gasteiger partial charge is 0.306 e. The summed E-state index contributed by atoms with van der Waals surface area (Å²) in [6, 6.07) is 13.8. The normalized spacial score (nSPS) is 29.1. The first kappa shape index (κ1) is 20.0. The number of carbonyl (C=O) groups excluding carboxylic acids is 3. The topological polar surface area (TPSA) is 69.7 Å². The Bertz CT molecular complexity index is 1120. The van der Waals surface area contributed by atoms with Crippen molar-refractivity contribution in [3.63, 3.8) is 0 Å². The van der Waals surface area contributed by atoms with Gasteiger partial charge in [0.1, 0.15) is 5.54 Å². The molecule has 4 unspecified atom stereocenters. The Hall–Kier alpha value is -2.96. The van der Waals surface area contributed by atoms with E-state index in [2.05, 4.69) is 11.9 Å². The molecule has 1 spiro atoms. The SMILES string of the molecule is C=CCN1C(=O)C2(NC(CC)C3C(=O)N(c4ccc(Cl)cc4)C(=O)C32)c2ccccc21. The second-order valence-corrected chi connectivity index (χ2v) is 8.62. The summed E-state index contributed by atoms with van der Waals surface area (Å²) in [7, 11) is 0. The number of rotatable bonds is 4. The number of fused-ring (bicyclic) bond motifs is 4. The third kappa shape index (κ3) is 2.52. The van der Waals surface area contributed by atoms with Crippen molar-refractivity contribution < 1.29 is 14.4 Å². The number of halogens is 1. The summed E-state index contributed by atoms with van der Waals surface area (Å²) in [5.74, 6) is -2.28. The Balaban J connectivity index is 1.68. The number of imide groups is 1. The van der Waals surface area contributed by atoms with Crippen LogP contribution >= 0.6 is 11.6 Å². The summed E-state index contributed by atoms with van der Waals surface area (Å²) in [6.07, 6.45) is 2.28. The van der Waals surface area contributed by atoms with Crippen LogP contribution in [0.2, 0.25) is 5.02 Å². The van der Waals surface area contributed by atoms with E-state index in [1.165, 1.54) is 4.90 Å². The molecular formula is C24H22ClN3O3. The first-order valence-corrected chi connectivity index (χ1v) is 10.8. The second kappa shape index (κ2) is 7.04. The molecule has 0 saturated carbocycles. The molecule has 0 aliphatic carbocycles. The lowest BCUT2D eigenvalue weighted by molar-refractivity contribution is -0.132. The summed E-state index contributed by atoms with van der Waals surface area (Å²) >= 11 is 6.00. The summed E-state index contributed by atoms with van der Waals surface area (Å²) in [4.78, 5) is 44.0. The van der Waals surface area contributed by atoms with E-state index in [0.717, 1.165) is 11.3 Å².